The zero-order chi connectivity index (χ0) is 19.8. The summed E-state index contributed by atoms with van der Waals surface area (Å²) in [6.07, 6.45) is 2.45. The smallest absolute Gasteiger partial charge is 0.340 e. The molecular weight excluding hydrogens is 415 g/mol. The second kappa shape index (κ2) is 7.30. The fraction of sp³-hybridized carbons (Fsp3) is 0.118. The molecule has 1 aromatic carbocycles. The molecular formula is C17H12Cl2N2O5S. The summed E-state index contributed by atoms with van der Waals surface area (Å²) in [7, 11) is -3.51. The topological polar surface area (TPSA) is 94.8 Å². The molecule has 10 heteroatoms. The van der Waals surface area contributed by atoms with Gasteiger partial charge in [-0.3, -0.25) is 9.20 Å². The molecule has 3 aromatic rings. The van der Waals surface area contributed by atoms with Gasteiger partial charge in [-0.05, 0) is 30.3 Å². The number of rotatable bonds is 4. The molecule has 0 aliphatic rings. The van der Waals surface area contributed by atoms with Crippen molar-refractivity contribution in [3.63, 3.8) is 0 Å². The van der Waals surface area contributed by atoms with Crippen molar-refractivity contribution in [2.45, 2.75) is 11.5 Å². The van der Waals surface area contributed by atoms with Crippen LogP contribution in [0.3, 0.4) is 0 Å². The number of halogens is 2. The molecule has 0 spiro atoms. The predicted octanol–water partition coefficient (Wildman–Crippen LogP) is 2.76. The Labute approximate surface area is 164 Å². The average Bonchev–Trinajstić information content (AvgIpc) is 2.59. The van der Waals surface area contributed by atoms with Crippen LogP contribution < -0.4 is 5.56 Å². The number of hydrogen-bond acceptors (Lipinski definition) is 6. The number of sulfone groups is 1. The Balaban J connectivity index is 1.85. The Bertz CT molecular complexity index is 1220. The van der Waals surface area contributed by atoms with Crippen molar-refractivity contribution in [1.82, 2.24) is 9.38 Å². The lowest BCUT2D eigenvalue weighted by Gasteiger charge is -2.08. The van der Waals surface area contributed by atoms with Gasteiger partial charge in [-0.2, -0.15) is 0 Å². The fourth-order valence-corrected chi connectivity index (χ4v) is 3.31. The van der Waals surface area contributed by atoms with Crippen molar-refractivity contribution in [1.29, 1.82) is 0 Å². The molecule has 0 saturated heterocycles. The van der Waals surface area contributed by atoms with Gasteiger partial charge in [0.25, 0.3) is 5.56 Å². The van der Waals surface area contributed by atoms with Crippen LogP contribution in [-0.4, -0.2) is 30.0 Å². The van der Waals surface area contributed by atoms with Crippen molar-refractivity contribution in [2.24, 2.45) is 0 Å². The van der Waals surface area contributed by atoms with Gasteiger partial charge in [0.15, 0.2) is 9.84 Å². The van der Waals surface area contributed by atoms with Gasteiger partial charge in [0.1, 0.15) is 12.3 Å². The van der Waals surface area contributed by atoms with E-state index in [1.165, 1.54) is 28.8 Å². The van der Waals surface area contributed by atoms with Crippen molar-refractivity contribution >= 4 is 44.7 Å². The van der Waals surface area contributed by atoms with Crippen LogP contribution in [0.15, 0.2) is 52.3 Å². The van der Waals surface area contributed by atoms with E-state index < -0.39 is 15.8 Å². The van der Waals surface area contributed by atoms with Gasteiger partial charge >= 0.3 is 5.97 Å². The van der Waals surface area contributed by atoms with Gasteiger partial charge in [0, 0.05) is 18.5 Å². The molecule has 0 amide bonds. The van der Waals surface area contributed by atoms with Crippen LogP contribution in [0.4, 0.5) is 0 Å². The zero-order valence-electron chi connectivity index (χ0n) is 13.8. The number of fused-ring (bicyclic) bond motifs is 1. The largest absolute Gasteiger partial charge is 0.456 e. The Morgan fingerprint density at radius 2 is 1.93 bits per heavy atom. The van der Waals surface area contributed by atoms with Gasteiger partial charge in [-0.25, -0.2) is 18.2 Å². The number of carbonyl (C=O) groups is 1. The molecule has 0 aliphatic carbocycles. The molecule has 2 heterocycles. The Kier molecular flexibility index (Phi) is 5.23. The first-order valence-electron chi connectivity index (χ1n) is 7.50. The van der Waals surface area contributed by atoms with Crippen molar-refractivity contribution in [3.05, 3.63) is 74.3 Å². The third kappa shape index (κ3) is 4.29. The number of hydrogen-bond donors (Lipinski definition) is 0. The summed E-state index contributed by atoms with van der Waals surface area (Å²) in [5.41, 5.74) is 0.0932. The van der Waals surface area contributed by atoms with Crippen molar-refractivity contribution in [2.75, 3.05) is 6.26 Å². The number of pyridine rings is 1. The summed E-state index contributed by atoms with van der Waals surface area (Å²) in [4.78, 5) is 28.6. The lowest BCUT2D eigenvalue weighted by Crippen LogP contribution is -2.16. The van der Waals surface area contributed by atoms with E-state index in [4.69, 9.17) is 27.9 Å². The van der Waals surface area contributed by atoms with E-state index in [0.717, 1.165) is 12.3 Å². The van der Waals surface area contributed by atoms with E-state index in [-0.39, 0.29) is 33.3 Å². The Morgan fingerprint density at radius 3 is 2.63 bits per heavy atom. The van der Waals surface area contributed by atoms with E-state index in [1.54, 1.807) is 12.1 Å². The first-order valence-corrected chi connectivity index (χ1v) is 10.1. The lowest BCUT2D eigenvalue weighted by molar-refractivity contribution is 0.0467. The standard InChI is InChI=1S/C17H12Cl2N2O5S/c1-27(24,25)12-3-4-14(19)13(7-12)17(23)26-9-11-6-16(22)21-8-10(18)2-5-15(21)20-11/h2-8H,9H2,1H3. The number of aromatic nitrogens is 2. The highest BCUT2D eigenvalue weighted by atomic mass is 35.5. The van der Waals surface area contributed by atoms with Gasteiger partial charge in [0.2, 0.25) is 0 Å². The molecule has 0 saturated carbocycles. The normalized spacial score (nSPS) is 11.5. The third-order valence-corrected chi connectivity index (χ3v) is 5.28. The van der Waals surface area contributed by atoms with Gasteiger partial charge in [-0.15, -0.1) is 0 Å². The SMILES string of the molecule is CS(=O)(=O)c1ccc(Cl)c(C(=O)OCc2cc(=O)n3cc(Cl)ccc3n2)c1. The first-order chi connectivity index (χ1) is 12.6. The molecule has 0 N–H and O–H groups in total. The molecule has 27 heavy (non-hydrogen) atoms. The van der Waals surface area contributed by atoms with Crippen molar-refractivity contribution in [3.8, 4) is 0 Å². The molecule has 7 nitrogen and oxygen atoms in total. The van der Waals surface area contributed by atoms with E-state index in [0.29, 0.717) is 10.7 Å². The third-order valence-electron chi connectivity index (χ3n) is 3.61. The van der Waals surface area contributed by atoms with Crippen molar-refractivity contribution < 1.29 is 17.9 Å². The quantitative estimate of drug-likeness (QED) is 0.595. The highest BCUT2D eigenvalue weighted by molar-refractivity contribution is 7.90. The van der Waals surface area contributed by atoms with Gasteiger partial charge in [-0.1, -0.05) is 23.2 Å². The molecule has 140 valence electrons. The van der Waals surface area contributed by atoms with Crippen LogP contribution >= 0.6 is 23.2 Å². The second-order valence-corrected chi connectivity index (χ2v) is 8.51. The molecule has 3 rings (SSSR count). The number of esters is 1. The minimum absolute atomic E-state index is 0.0496. The van der Waals surface area contributed by atoms with Crippen LogP contribution in [-0.2, 0) is 21.2 Å². The molecule has 0 radical (unpaired) electrons. The molecule has 0 unspecified atom stereocenters. The van der Waals surface area contributed by atoms with Gasteiger partial charge < -0.3 is 4.74 Å². The predicted molar refractivity (Wildman–Crippen MR) is 100 cm³/mol. The summed E-state index contributed by atoms with van der Waals surface area (Å²) < 4.78 is 29.7. The first kappa shape index (κ1) is 19.3. The maximum Gasteiger partial charge on any atom is 0.340 e. The summed E-state index contributed by atoms with van der Waals surface area (Å²) in [6, 6.07) is 8.09. The summed E-state index contributed by atoms with van der Waals surface area (Å²) in [5, 5.41) is 0.430. The molecule has 2 aromatic heterocycles. The molecule has 0 atom stereocenters. The Morgan fingerprint density at radius 1 is 1.19 bits per heavy atom. The molecule has 0 aliphatic heterocycles. The minimum Gasteiger partial charge on any atom is -0.456 e. The number of carbonyl (C=O) groups excluding carboxylic acids is 1. The molecule has 0 bridgehead atoms. The average molecular weight is 427 g/mol. The number of benzene rings is 1. The lowest BCUT2D eigenvalue weighted by atomic mass is 10.2. The summed E-state index contributed by atoms with van der Waals surface area (Å²) >= 11 is 11.8. The van der Waals surface area contributed by atoms with Crippen LogP contribution in [0.2, 0.25) is 10.0 Å². The number of ether oxygens (including phenoxy) is 1. The number of nitrogens with zero attached hydrogens (tertiary/aromatic N) is 2. The minimum atomic E-state index is -3.51. The maximum absolute atomic E-state index is 12.3. The van der Waals surface area contributed by atoms with Gasteiger partial charge in [0.05, 0.1) is 26.2 Å². The van der Waals surface area contributed by atoms with E-state index >= 15 is 0 Å². The second-order valence-electron chi connectivity index (χ2n) is 5.65. The van der Waals surface area contributed by atoms with E-state index in [1.807, 2.05) is 0 Å². The van der Waals surface area contributed by atoms with Crippen LogP contribution in [0.1, 0.15) is 16.1 Å². The zero-order valence-corrected chi connectivity index (χ0v) is 16.2. The fourth-order valence-electron chi connectivity index (χ4n) is 2.31. The Hall–Kier alpha value is -2.42. The van der Waals surface area contributed by atoms with E-state index in [2.05, 4.69) is 4.98 Å². The van der Waals surface area contributed by atoms with E-state index in [9.17, 15) is 18.0 Å². The maximum atomic E-state index is 12.3. The highest BCUT2D eigenvalue weighted by Crippen LogP contribution is 2.21. The van der Waals surface area contributed by atoms with Crippen LogP contribution in [0, 0.1) is 0 Å². The summed E-state index contributed by atoms with van der Waals surface area (Å²) in [5.74, 6) is -0.830. The summed E-state index contributed by atoms with van der Waals surface area (Å²) in [6.45, 7) is -0.285. The monoisotopic (exact) mass is 426 g/mol. The van der Waals surface area contributed by atoms with Crippen LogP contribution in [0.25, 0.3) is 5.65 Å². The molecule has 0 fully saturated rings. The van der Waals surface area contributed by atoms with Crippen LogP contribution in [0.5, 0.6) is 0 Å². The highest BCUT2D eigenvalue weighted by Gasteiger charge is 2.17.